The molecule has 0 fully saturated rings. The predicted octanol–water partition coefficient (Wildman–Crippen LogP) is 4.18. The molecule has 0 saturated heterocycles. The topological polar surface area (TPSA) is 48.9 Å². The van der Waals surface area contributed by atoms with E-state index in [4.69, 9.17) is 17.0 Å². The summed E-state index contributed by atoms with van der Waals surface area (Å²) < 4.78 is 5.14. The Bertz CT molecular complexity index is 804. The van der Waals surface area contributed by atoms with E-state index < -0.39 is 0 Å². The number of rotatable bonds is 6. The van der Waals surface area contributed by atoms with Gasteiger partial charge in [-0.3, -0.25) is 5.43 Å². The van der Waals surface area contributed by atoms with Crippen molar-refractivity contribution in [1.82, 2.24) is 5.43 Å². The molecule has 27 heavy (non-hydrogen) atoms. The Morgan fingerprint density at radius 3 is 2.81 bits per heavy atom. The molecule has 2 aromatic rings. The number of hydrogen-bond donors (Lipinski definition) is 2. The number of nitrogens with one attached hydrogen (secondary N) is 2. The van der Waals surface area contributed by atoms with Crippen LogP contribution >= 0.6 is 12.2 Å². The summed E-state index contributed by atoms with van der Waals surface area (Å²) in [5.74, 6) is 0.808. The number of fused-ring (bicyclic) bond motifs is 1. The third kappa shape index (κ3) is 5.20. The Kier molecular flexibility index (Phi) is 6.65. The Balaban J connectivity index is 1.56. The zero-order valence-electron chi connectivity index (χ0n) is 15.9. The minimum absolute atomic E-state index is 0.448. The second-order valence-electron chi connectivity index (χ2n) is 6.53. The van der Waals surface area contributed by atoms with E-state index in [1.807, 2.05) is 24.3 Å². The highest BCUT2D eigenvalue weighted by atomic mass is 32.1. The molecule has 0 radical (unpaired) electrons. The number of hydrogen-bond acceptors (Lipinski definition) is 4. The Morgan fingerprint density at radius 2 is 2.07 bits per heavy atom. The van der Waals surface area contributed by atoms with Gasteiger partial charge in [0.05, 0.1) is 13.3 Å². The van der Waals surface area contributed by atoms with Crippen LogP contribution in [0.5, 0.6) is 5.75 Å². The van der Waals surface area contributed by atoms with Gasteiger partial charge in [-0.05, 0) is 79.0 Å². The van der Waals surface area contributed by atoms with Crippen LogP contribution in [0.15, 0.2) is 47.6 Å². The van der Waals surface area contributed by atoms with Crippen molar-refractivity contribution in [2.45, 2.75) is 26.2 Å². The van der Waals surface area contributed by atoms with Crippen molar-refractivity contribution < 1.29 is 4.74 Å². The number of anilines is 2. The molecule has 0 spiro atoms. The molecule has 1 aliphatic rings. The number of hydrazone groups is 1. The molecule has 0 amide bonds. The first-order valence-corrected chi connectivity index (χ1v) is 9.72. The maximum absolute atomic E-state index is 5.28. The van der Waals surface area contributed by atoms with Gasteiger partial charge in [-0.1, -0.05) is 13.0 Å². The van der Waals surface area contributed by atoms with Gasteiger partial charge in [0.15, 0.2) is 5.11 Å². The third-order valence-corrected chi connectivity index (χ3v) is 4.73. The lowest BCUT2D eigenvalue weighted by Crippen LogP contribution is -2.30. The van der Waals surface area contributed by atoms with Crippen molar-refractivity contribution in [1.29, 1.82) is 0 Å². The second-order valence-corrected chi connectivity index (χ2v) is 6.94. The Labute approximate surface area is 166 Å². The summed E-state index contributed by atoms with van der Waals surface area (Å²) in [4.78, 5) is 2.48. The molecule has 2 N–H and O–H groups in total. The van der Waals surface area contributed by atoms with Gasteiger partial charge in [0.2, 0.25) is 0 Å². The maximum Gasteiger partial charge on any atom is 0.191 e. The summed E-state index contributed by atoms with van der Waals surface area (Å²) in [6.07, 6.45) is 5.32. The second kappa shape index (κ2) is 9.37. The molecule has 6 heteroatoms. The van der Waals surface area contributed by atoms with Crippen LogP contribution in [0.4, 0.5) is 11.4 Å². The van der Waals surface area contributed by atoms with E-state index >= 15 is 0 Å². The van der Waals surface area contributed by atoms with E-state index in [1.54, 1.807) is 13.3 Å². The van der Waals surface area contributed by atoms with E-state index in [0.29, 0.717) is 5.11 Å². The van der Waals surface area contributed by atoms with E-state index in [9.17, 15) is 0 Å². The zero-order valence-corrected chi connectivity index (χ0v) is 16.7. The normalized spacial score (nSPS) is 13.3. The van der Waals surface area contributed by atoms with Gasteiger partial charge in [-0.25, -0.2) is 0 Å². The smallest absolute Gasteiger partial charge is 0.191 e. The largest absolute Gasteiger partial charge is 0.497 e. The van der Waals surface area contributed by atoms with Crippen molar-refractivity contribution in [3.05, 3.63) is 53.6 Å². The van der Waals surface area contributed by atoms with E-state index in [0.717, 1.165) is 36.5 Å². The molecule has 0 atom stereocenters. The first kappa shape index (κ1) is 19.2. The Morgan fingerprint density at radius 1 is 1.26 bits per heavy atom. The number of methoxy groups -OCH3 is 1. The quantitative estimate of drug-likeness (QED) is 0.446. The molecule has 0 aliphatic carbocycles. The van der Waals surface area contributed by atoms with Crippen molar-refractivity contribution in [2.24, 2.45) is 5.10 Å². The molecule has 0 bridgehead atoms. The van der Waals surface area contributed by atoms with Gasteiger partial charge in [0.25, 0.3) is 0 Å². The number of thiocarbonyl (C=S) groups is 1. The standard InChI is InChI=1S/C21H26N4OS/c1-3-12-25-13-4-5-17-14-16(6-11-20(17)25)15-22-24-21(27)23-18-7-9-19(26-2)10-8-18/h6-11,14-15H,3-5,12-13H2,1-2H3,(H2,23,24,27)/b22-15+. The minimum Gasteiger partial charge on any atom is -0.497 e. The fourth-order valence-corrected chi connectivity index (χ4v) is 3.45. The molecule has 0 aromatic heterocycles. The number of aryl methyl sites for hydroxylation is 1. The number of nitrogens with zero attached hydrogens (tertiary/aromatic N) is 2. The van der Waals surface area contributed by atoms with Gasteiger partial charge >= 0.3 is 0 Å². The molecule has 0 saturated carbocycles. The first-order chi connectivity index (χ1) is 13.2. The van der Waals surface area contributed by atoms with Crippen LogP contribution in [-0.2, 0) is 6.42 Å². The average molecular weight is 383 g/mol. The first-order valence-electron chi connectivity index (χ1n) is 9.31. The van der Waals surface area contributed by atoms with Gasteiger partial charge in [0.1, 0.15) is 5.75 Å². The van der Waals surface area contributed by atoms with Crippen LogP contribution in [0.3, 0.4) is 0 Å². The summed E-state index contributed by atoms with van der Waals surface area (Å²) in [6.45, 7) is 4.50. The van der Waals surface area contributed by atoms with E-state index in [-0.39, 0.29) is 0 Å². The highest BCUT2D eigenvalue weighted by Crippen LogP contribution is 2.27. The van der Waals surface area contributed by atoms with Crippen LogP contribution in [0, 0.1) is 0 Å². The molecule has 5 nitrogen and oxygen atoms in total. The lowest BCUT2D eigenvalue weighted by Gasteiger charge is -2.31. The Hall–Kier alpha value is -2.60. The van der Waals surface area contributed by atoms with Crippen LogP contribution in [0.2, 0.25) is 0 Å². The van der Waals surface area contributed by atoms with Crippen molar-refractivity contribution in [2.75, 3.05) is 30.4 Å². The van der Waals surface area contributed by atoms with E-state index in [1.165, 1.54) is 24.1 Å². The number of benzene rings is 2. The molecular formula is C21H26N4OS. The zero-order chi connectivity index (χ0) is 19.1. The highest BCUT2D eigenvalue weighted by Gasteiger charge is 2.15. The van der Waals surface area contributed by atoms with Crippen LogP contribution in [0.25, 0.3) is 0 Å². The lowest BCUT2D eigenvalue weighted by molar-refractivity contribution is 0.415. The van der Waals surface area contributed by atoms with Gasteiger partial charge in [0, 0.05) is 24.5 Å². The van der Waals surface area contributed by atoms with E-state index in [2.05, 4.69) is 45.9 Å². The molecule has 142 valence electrons. The van der Waals surface area contributed by atoms with Crippen molar-refractivity contribution >= 4 is 34.9 Å². The minimum atomic E-state index is 0.448. The van der Waals surface area contributed by atoms with Crippen LogP contribution in [-0.4, -0.2) is 31.5 Å². The fourth-order valence-electron chi connectivity index (χ4n) is 3.28. The summed E-state index contributed by atoms with van der Waals surface area (Å²) in [5.41, 5.74) is 7.59. The number of ether oxygens (including phenoxy) is 1. The lowest BCUT2D eigenvalue weighted by atomic mass is 9.99. The third-order valence-electron chi connectivity index (χ3n) is 4.54. The molecule has 0 unspecified atom stereocenters. The van der Waals surface area contributed by atoms with Crippen molar-refractivity contribution in [3.8, 4) is 5.75 Å². The monoisotopic (exact) mass is 382 g/mol. The molecular weight excluding hydrogens is 356 g/mol. The molecule has 1 aliphatic heterocycles. The fraction of sp³-hybridized carbons (Fsp3) is 0.333. The van der Waals surface area contributed by atoms with Gasteiger partial charge in [-0.2, -0.15) is 5.10 Å². The molecule has 3 rings (SSSR count). The molecule has 1 heterocycles. The molecule has 2 aromatic carbocycles. The summed E-state index contributed by atoms with van der Waals surface area (Å²) >= 11 is 5.28. The van der Waals surface area contributed by atoms with Crippen LogP contribution in [0.1, 0.15) is 30.9 Å². The van der Waals surface area contributed by atoms with Gasteiger partial charge < -0.3 is 15.0 Å². The van der Waals surface area contributed by atoms with Crippen molar-refractivity contribution in [3.63, 3.8) is 0 Å². The summed E-state index contributed by atoms with van der Waals surface area (Å²) in [7, 11) is 1.64. The highest BCUT2D eigenvalue weighted by molar-refractivity contribution is 7.80. The van der Waals surface area contributed by atoms with Gasteiger partial charge in [-0.15, -0.1) is 0 Å². The summed E-state index contributed by atoms with van der Waals surface area (Å²) in [6, 6.07) is 14.1. The van der Waals surface area contributed by atoms with Crippen LogP contribution < -0.4 is 20.4 Å². The predicted molar refractivity (Wildman–Crippen MR) is 117 cm³/mol. The maximum atomic E-state index is 5.28. The SMILES string of the molecule is CCCN1CCCc2cc(/C=N/NC(=S)Nc3ccc(OC)cc3)ccc21. The average Bonchev–Trinajstić information content (AvgIpc) is 2.69. The summed E-state index contributed by atoms with van der Waals surface area (Å²) in [5, 5.41) is 7.80.